The number of hydrogen-bond donors (Lipinski definition) is 0. The van der Waals surface area contributed by atoms with Crippen molar-refractivity contribution in [2.45, 2.75) is 26.3 Å². The van der Waals surface area contributed by atoms with Crippen molar-refractivity contribution in [1.29, 1.82) is 0 Å². The van der Waals surface area contributed by atoms with E-state index in [4.69, 9.17) is 15.8 Å². The minimum Gasteiger partial charge on any atom is -0.382 e. The predicted octanol–water partition coefficient (Wildman–Crippen LogP) is 4.12. The Labute approximate surface area is 165 Å². The van der Waals surface area contributed by atoms with Gasteiger partial charge in [0, 0.05) is 18.7 Å². The molecule has 2 aromatic carbocycles. The van der Waals surface area contributed by atoms with Crippen LogP contribution in [0.15, 0.2) is 48.5 Å². The highest BCUT2D eigenvalue weighted by atomic mass is 35.5. The van der Waals surface area contributed by atoms with Crippen molar-refractivity contribution < 1.29 is 17.4 Å². The largest absolute Gasteiger partial charge is 0.382 e. The van der Waals surface area contributed by atoms with Crippen LogP contribution in [-0.4, -0.2) is 31.5 Å². The molecule has 0 heterocycles. The number of nitrogens with zero attached hydrogens (tertiary/aromatic N) is 1. The maximum Gasteiger partial charge on any atom is 0.308 e. The molecular formula is C20H22ClNO4S. The van der Waals surface area contributed by atoms with Gasteiger partial charge in [-0.15, -0.1) is 0 Å². The quantitative estimate of drug-likeness (QED) is 0.617. The average Bonchev–Trinajstić information content (AvgIpc) is 3.46. The van der Waals surface area contributed by atoms with E-state index in [0.29, 0.717) is 28.6 Å². The molecule has 1 saturated carbocycles. The van der Waals surface area contributed by atoms with Crippen LogP contribution in [0.25, 0.3) is 0 Å². The normalized spacial score (nSPS) is 14.0. The third-order valence-electron chi connectivity index (χ3n) is 4.47. The second-order valence-corrected chi connectivity index (χ2v) is 8.91. The fraction of sp³-hybridized carbons (Fsp3) is 0.350. The number of hydrogen-bond acceptors (Lipinski definition) is 4. The van der Waals surface area contributed by atoms with Gasteiger partial charge in [-0.05, 0) is 43.9 Å². The molecule has 1 fully saturated rings. The van der Waals surface area contributed by atoms with Crippen molar-refractivity contribution >= 4 is 27.6 Å². The number of benzene rings is 2. The van der Waals surface area contributed by atoms with Gasteiger partial charge in [0.1, 0.15) is 5.75 Å². The first-order valence-corrected chi connectivity index (χ1v) is 10.9. The molecule has 0 N–H and O–H groups in total. The third kappa shape index (κ3) is 5.23. The minimum atomic E-state index is -3.65. The maximum absolute atomic E-state index is 13.1. The molecule has 7 heteroatoms. The van der Waals surface area contributed by atoms with Gasteiger partial charge in [0.15, 0.2) is 0 Å². The van der Waals surface area contributed by atoms with Gasteiger partial charge in [-0.1, -0.05) is 41.9 Å². The topological polar surface area (TPSA) is 63.7 Å². The molecule has 5 nitrogen and oxygen atoms in total. The molecule has 0 aliphatic heterocycles. The fourth-order valence-corrected chi connectivity index (χ4v) is 3.52. The number of carbonyl (C=O) groups excluding carboxylic acids is 1. The van der Waals surface area contributed by atoms with Gasteiger partial charge in [-0.3, -0.25) is 4.79 Å². The van der Waals surface area contributed by atoms with Gasteiger partial charge in [-0.2, -0.15) is 8.42 Å². The minimum absolute atomic E-state index is 0.119. The van der Waals surface area contributed by atoms with Crippen LogP contribution in [0.3, 0.4) is 0 Å². The first kappa shape index (κ1) is 19.7. The SMILES string of the molecule is CCS(=O)(=O)Oc1ccccc1CN(CC1CC1)C(=O)c1ccccc1Cl. The Hall–Kier alpha value is -2.05. The van der Waals surface area contributed by atoms with Crippen LogP contribution in [0.5, 0.6) is 5.75 Å². The van der Waals surface area contributed by atoms with E-state index in [1.165, 1.54) is 6.92 Å². The molecule has 0 spiro atoms. The lowest BCUT2D eigenvalue weighted by molar-refractivity contribution is 0.0734. The summed E-state index contributed by atoms with van der Waals surface area (Å²) in [6.07, 6.45) is 2.18. The molecule has 0 aromatic heterocycles. The number of para-hydroxylation sites is 1. The molecule has 0 unspecified atom stereocenters. The maximum atomic E-state index is 13.1. The van der Waals surface area contributed by atoms with Crippen molar-refractivity contribution in [3.8, 4) is 5.75 Å². The monoisotopic (exact) mass is 407 g/mol. The standard InChI is InChI=1S/C20H22ClNO4S/c1-2-27(24,25)26-19-10-6-3-7-16(19)14-22(13-15-11-12-15)20(23)17-8-4-5-9-18(17)21/h3-10,15H,2,11-14H2,1H3. The first-order valence-electron chi connectivity index (χ1n) is 8.93. The lowest BCUT2D eigenvalue weighted by atomic mass is 10.1. The summed E-state index contributed by atoms with van der Waals surface area (Å²) in [6.45, 7) is 2.40. The third-order valence-corrected chi connectivity index (χ3v) is 5.94. The summed E-state index contributed by atoms with van der Waals surface area (Å²) in [5.74, 6) is 0.447. The van der Waals surface area contributed by atoms with Gasteiger partial charge in [0.25, 0.3) is 5.91 Å². The zero-order valence-corrected chi connectivity index (χ0v) is 16.7. The molecule has 0 atom stereocenters. The lowest BCUT2D eigenvalue weighted by Gasteiger charge is -2.24. The fourth-order valence-electron chi connectivity index (χ4n) is 2.75. The number of rotatable bonds is 8. The number of amides is 1. The Balaban J connectivity index is 1.87. The Bertz CT molecular complexity index is 925. The van der Waals surface area contributed by atoms with E-state index in [9.17, 15) is 13.2 Å². The van der Waals surface area contributed by atoms with Crippen LogP contribution in [0.2, 0.25) is 5.02 Å². The van der Waals surface area contributed by atoms with Crippen molar-refractivity contribution in [3.05, 3.63) is 64.7 Å². The molecular weight excluding hydrogens is 386 g/mol. The summed E-state index contributed by atoms with van der Waals surface area (Å²) in [4.78, 5) is 14.8. The summed E-state index contributed by atoms with van der Waals surface area (Å²) >= 11 is 6.20. The summed E-state index contributed by atoms with van der Waals surface area (Å²) in [7, 11) is -3.65. The lowest BCUT2D eigenvalue weighted by Crippen LogP contribution is -2.33. The van der Waals surface area contributed by atoms with E-state index >= 15 is 0 Å². The smallest absolute Gasteiger partial charge is 0.308 e. The Morgan fingerprint density at radius 2 is 1.81 bits per heavy atom. The second-order valence-electron chi connectivity index (χ2n) is 6.65. The van der Waals surface area contributed by atoms with Gasteiger partial charge in [0.2, 0.25) is 0 Å². The van der Waals surface area contributed by atoms with E-state index in [1.807, 2.05) is 0 Å². The van der Waals surface area contributed by atoms with E-state index in [0.717, 1.165) is 12.8 Å². The van der Waals surface area contributed by atoms with E-state index in [-0.39, 0.29) is 24.0 Å². The summed E-state index contributed by atoms with van der Waals surface area (Å²) < 4.78 is 29.0. The van der Waals surface area contributed by atoms with Crippen molar-refractivity contribution in [2.24, 2.45) is 5.92 Å². The highest BCUT2D eigenvalue weighted by molar-refractivity contribution is 7.87. The van der Waals surface area contributed by atoms with E-state index in [2.05, 4.69) is 0 Å². The van der Waals surface area contributed by atoms with Crippen LogP contribution in [0.1, 0.15) is 35.7 Å². The highest BCUT2D eigenvalue weighted by Crippen LogP contribution is 2.32. The van der Waals surface area contributed by atoms with Crippen LogP contribution in [-0.2, 0) is 16.7 Å². The first-order chi connectivity index (χ1) is 12.9. The molecule has 1 aliphatic carbocycles. The highest BCUT2D eigenvalue weighted by Gasteiger charge is 2.29. The van der Waals surface area contributed by atoms with Gasteiger partial charge in [-0.25, -0.2) is 0 Å². The van der Waals surface area contributed by atoms with E-state index in [1.54, 1.807) is 53.4 Å². The predicted molar refractivity (Wildman–Crippen MR) is 105 cm³/mol. The molecule has 0 bridgehead atoms. The average molecular weight is 408 g/mol. The Morgan fingerprint density at radius 3 is 2.48 bits per heavy atom. The Morgan fingerprint density at radius 1 is 1.15 bits per heavy atom. The van der Waals surface area contributed by atoms with Gasteiger partial charge in [0.05, 0.1) is 16.3 Å². The van der Waals surface area contributed by atoms with Gasteiger partial charge < -0.3 is 9.08 Å². The number of halogens is 1. The molecule has 2 aromatic rings. The van der Waals surface area contributed by atoms with Crippen LogP contribution < -0.4 is 4.18 Å². The summed E-state index contributed by atoms with van der Waals surface area (Å²) in [5.41, 5.74) is 1.09. The Kier molecular flexibility index (Phi) is 6.07. The van der Waals surface area contributed by atoms with Crippen molar-refractivity contribution in [2.75, 3.05) is 12.3 Å². The zero-order valence-electron chi connectivity index (χ0n) is 15.1. The van der Waals surface area contributed by atoms with E-state index < -0.39 is 10.1 Å². The molecule has 144 valence electrons. The molecule has 1 amide bonds. The summed E-state index contributed by atoms with van der Waals surface area (Å²) in [5, 5.41) is 0.404. The summed E-state index contributed by atoms with van der Waals surface area (Å²) in [6, 6.07) is 13.9. The number of carbonyl (C=O) groups is 1. The van der Waals surface area contributed by atoms with Crippen LogP contribution >= 0.6 is 11.6 Å². The zero-order chi connectivity index (χ0) is 19.4. The molecule has 0 radical (unpaired) electrons. The molecule has 27 heavy (non-hydrogen) atoms. The van der Waals surface area contributed by atoms with Crippen molar-refractivity contribution in [1.82, 2.24) is 4.90 Å². The molecule has 0 saturated heterocycles. The molecule has 1 aliphatic rings. The second kappa shape index (κ2) is 8.31. The van der Waals surface area contributed by atoms with Gasteiger partial charge >= 0.3 is 10.1 Å². The van der Waals surface area contributed by atoms with Crippen LogP contribution in [0, 0.1) is 5.92 Å². The van der Waals surface area contributed by atoms with Crippen molar-refractivity contribution in [3.63, 3.8) is 0 Å². The molecule has 3 rings (SSSR count). The van der Waals surface area contributed by atoms with Crippen LogP contribution in [0.4, 0.5) is 0 Å².